The zero-order valence-electron chi connectivity index (χ0n) is 14.3. The van der Waals surface area contributed by atoms with Crippen molar-refractivity contribution in [1.82, 2.24) is 19.9 Å². The molecule has 4 aromatic heterocycles. The number of nitrogens with zero attached hydrogens (tertiary/aromatic N) is 4. The minimum atomic E-state index is -0.169. The molecule has 26 heavy (non-hydrogen) atoms. The fourth-order valence-electron chi connectivity index (χ4n) is 2.50. The van der Waals surface area contributed by atoms with Gasteiger partial charge in [-0.1, -0.05) is 11.3 Å². The zero-order valence-corrected chi connectivity index (χ0v) is 16.7. The number of aromatic amines is 1. The molecule has 7 nitrogen and oxygen atoms in total. The maximum Gasteiger partial charge on any atom is 0.268 e. The number of nitrogens with one attached hydrogen (secondary N) is 1. The van der Waals surface area contributed by atoms with Crippen LogP contribution in [0.15, 0.2) is 22.3 Å². The summed E-state index contributed by atoms with van der Waals surface area (Å²) in [7, 11) is 5.59. The van der Waals surface area contributed by atoms with Gasteiger partial charge in [0.25, 0.3) is 11.5 Å². The van der Waals surface area contributed by atoms with Crippen molar-refractivity contribution in [2.45, 2.75) is 6.54 Å². The molecule has 4 heterocycles. The number of carbonyl (C=O) groups excluding carboxylic acids is 1. The van der Waals surface area contributed by atoms with Gasteiger partial charge >= 0.3 is 0 Å². The molecule has 10 heteroatoms. The van der Waals surface area contributed by atoms with Gasteiger partial charge in [0.1, 0.15) is 15.4 Å². The molecule has 4 rings (SSSR count). The van der Waals surface area contributed by atoms with Gasteiger partial charge in [-0.05, 0) is 17.5 Å². The van der Waals surface area contributed by atoms with Crippen LogP contribution < -0.4 is 10.5 Å². The van der Waals surface area contributed by atoms with E-state index in [-0.39, 0.29) is 18.0 Å². The summed E-state index contributed by atoms with van der Waals surface area (Å²) < 4.78 is 1.60. The van der Waals surface area contributed by atoms with Crippen molar-refractivity contribution < 1.29 is 4.79 Å². The molecule has 0 spiro atoms. The predicted molar refractivity (Wildman–Crippen MR) is 108 cm³/mol. The highest BCUT2D eigenvalue weighted by Crippen LogP contribution is 2.34. The first-order valence-corrected chi connectivity index (χ1v) is 10.2. The zero-order chi connectivity index (χ0) is 18.4. The molecule has 4 aromatic rings. The summed E-state index contributed by atoms with van der Waals surface area (Å²) in [5.41, 5.74) is 0.490. The van der Waals surface area contributed by atoms with Crippen LogP contribution in [-0.4, -0.2) is 46.9 Å². The highest BCUT2D eigenvalue weighted by atomic mass is 32.1. The molecule has 134 valence electrons. The Labute approximate surface area is 160 Å². The lowest BCUT2D eigenvalue weighted by Crippen LogP contribution is -2.27. The van der Waals surface area contributed by atoms with Gasteiger partial charge in [0, 0.05) is 21.1 Å². The van der Waals surface area contributed by atoms with Crippen LogP contribution in [0.2, 0.25) is 0 Å². The third-order valence-corrected chi connectivity index (χ3v) is 6.99. The largest absolute Gasteiger partial charge is 0.354 e. The van der Waals surface area contributed by atoms with Gasteiger partial charge in [-0.15, -0.1) is 22.7 Å². The number of hydrogen-bond donors (Lipinski definition) is 1. The SMILES string of the molecule is CN(Cc1nc2ccsc2c(=O)[nH]1)C(=O)c1cc2sc(N(C)C)nc2s1. The molecule has 0 aliphatic heterocycles. The number of amides is 1. The summed E-state index contributed by atoms with van der Waals surface area (Å²) in [6.07, 6.45) is 0. The van der Waals surface area contributed by atoms with E-state index in [1.807, 2.05) is 36.5 Å². The van der Waals surface area contributed by atoms with Crippen LogP contribution in [0, 0.1) is 0 Å². The van der Waals surface area contributed by atoms with Crippen molar-refractivity contribution in [3.05, 3.63) is 38.6 Å². The predicted octanol–water partition coefficient (Wildman–Crippen LogP) is 2.99. The summed E-state index contributed by atoms with van der Waals surface area (Å²) in [6, 6.07) is 3.68. The highest BCUT2D eigenvalue weighted by Gasteiger charge is 2.19. The number of carbonyl (C=O) groups is 1. The number of H-pyrrole nitrogens is 1. The van der Waals surface area contributed by atoms with Crippen LogP contribution in [0.4, 0.5) is 5.13 Å². The van der Waals surface area contributed by atoms with Crippen molar-refractivity contribution in [2.75, 3.05) is 26.0 Å². The Hall–Kier alpha value is -2.30. The number of rotatable bonds is 4. The van der Waals surface area contributed by atoms with Gasteiger partial charge in [-0.2, -0.15) is 0 Å². The monoisotopic (exact) mass is 405 g/mol. The molecular formula is C16H15N5O2S3. The lowest BCUT2D eigenvalue weighted by molar-refractivity contribution is 0.0786. The van der Waals surface area contributed by atoms with Crippen molar-refractivity contribution in [3.63, 3.8) is 0 Å². The van der Waals surface area contributed by atoms with Crippen LogP contribution in [0.5, 0.6) is 0 Å². The molecule has 0 aromatic carbocycles. The Morgan fingerprint density at radius 3 is 2.77 bits per heavy atom. The summed E-state index contributed by atoms with van der Waals surface area (Å²) in [5.74, 6) is 0.364. The summed E-state index contributed by atoms with van der Waals surface area (Å²) in [5, 5.41) is 2.75. The number of hydrogen-bond acceptors (Lipinski definition) is 8. The maximum atomic E-state index is 12.7. The third kappa shape index (κ3) is 3.00. The maximum absolute atomic E-state index is 12.7. The fourth-order valence-corrected chi connectivity index (χ4v) is 5.36. The Morgan fingerprint density at radius 2 is 2.04 bits per heavy atom. The minimum absolute atomic E-state index is 0.111. The van der Waals surface area contributed by atoms with Gasteiger partial charge in [0.05, 0.1) is 21.6 Å². The van der Waals surface area contributed by atoms with E-state index in [0.29, 0.717) is 20.9 Å². The van der Waals surface area contributed by atoms with Crippen LogP contribution in [0.3, 0.4) is 0 Å². The van der Waals surface area contributed by atoms with E-state index < -0.39 is 0 Å². The van der Waals surface area contributed by atoms with E-state index in [9.17, 15) is 9.59 Å². The van der Waals surface area contributed by atoms with Crippen molar-refractivity contribution in [2.24, 2.45) is 0 Å². The molecule has 0 radical (unpaired) electrons. The molecule has 0 aliphatic rings. The van der Waals surface area contributed by atoms with Gasteiger partial charge in [-0.3, -0.25) is 9.59 Å². The summed E-state index contributed by atoms with van der Waals surface area (Å²) in [6.45, 7) is 0.238. The van der Waals surface area contributed by atoms with E-state index in [2.05, 4.69) is 15.0 Å². The Morgan fingerprint density at radius 1 is 1.23 bits per heavy atom. The number of aromatic nitrogens is 3. The summed E-state index contributed by atoms with van der Waals surface area (Å²) >= 11 is 4.30. The standard InChI is InChI=1S/C16H15N5O2S3/c1-20(2)16-19-14-9(26-16)6-10(25-14)15(23)21(3)7-11-17-8-4-5-24-12(8)13(22)18-11/h4-6H,7H2,1-3H3,(H,17,18,22). The average molecular weight is 406 g/mol. The van der Waals surface area contributed by atoms with Gasteiger partial charge in [0.15, 0.2) is 5.13 Å². The van der Waals surface area contributed by atoms with Crippen LogP contribution in [0.1, 0.15) is 15.5 Å². The molecule has 0 unspecified atom stereocenters. The van der Waals surface area contributed by atoms with Gasteiger partial charge in [0.2, 0.25) is 0 Å². The van der Waals surface area contributed by atoms with E-state index >= 15 is 0 Å². The van der Waals surface area contributed by atoms with Crippen LogP contribution in [-0.2, 0) is 6.54 Å². The second-order valence-electron chi connectivity index (χ2n) is 5.98. The quantitative estimate of drug-likeness (QED) is 0.564. The summed E-state index contributed by atoms with van der Waals surface area (Å²) in [4.78, 5) is 41.5. The van der Waals surface area contributed by atoms with E-state index in [4.69, 9.17) is 0 Å². The first-order valence-electron chi connectivity index (χ1n) is 7.72. The van der Waals surface area contributed by atoms with Gasteiger partial charge < -0.3 is 14.8 Å². The number of thiazole rings is 1. The lowest BCUT2D eigenvalue weighted by atomic mass is 10.4. The van der Waals surface area contributed by atoms with Crippen molar-refractivity contribution >= 4 is 64.8 Å². The number of fused-ring (bicyclic) bond motifs is 2. The number of thiophene rings is 2. The second kappa shape index (κ2) is 6.45. The molecule has 0 atom stereocenters. The van der Waals surface area contributed by atoms with Crippen molar-refractivity contribution in [1.29, 1.82) is 0 Å². The number of anilines is 1. The van der Waals surface area contributed by atoms with Crippen LogP contribution >= 0.6 is 34.0 Å². The fraction of sp³-hybridized carbons (Fsp3) is 0.250. The molecule has 0 saturated carbocycles. The Kier molecular flexibility index (Phi) is 4.25. The molecular weight excluding hydrogens is 390 g/mol. The van der Waals surface area contributed by atoms with E-state index in [0.717, 1.165) is 14.7 Å². The molecule has 0 saturated heterocycles. The molecule has 0 bridgehead atoms. The Bertz CT molecular complexity index is 1140. The highest BCUT2D eigenvalue weighted by molar-refractivity contribution is 7.29. The second-order valence-corrected chi connectivity index (χ2v) is 8.94. The third-order valence-electron chi connectivity index (χ3n) is 3.77. The molecule has 0 aliphatic carbocycles. The first kappa shape index (κ1) is 17.1. The smallest absolute Gasteiger partial charge is 0.268 e. The average Bonchev–Trinajstić information content (AvgIpc) is 3.27. The van der Waals surface area contributed by atoms with E-state index in [1.54, 1.807) is 23.3 Å². The first-order chi connectivity index (χ1) is 12.4. The minimum Gasteiger partial charge on any atom is -0.354 e. The van der Waals surface area contributed by atoms with Crippen molar-refractivity contribution in [3.8, 4) is 0 Å². The van der Waals surface area contributed by atoms with E-state index in [1.165, 1.54) is 22.7 Å². The molecule has 1 N–H and O–H groups in total. The Balaban J connectivity index is 1.56. The molecule has 1 amide bonds. The normalized spacial score (nSPS) is 11.3. The topological polar surface area (TPSA) is 82.2 Å². The van der Waals surface area contributed by atoms with Gasteiger partial charge in [-0.25, -0.2) is 9.97 Å². The lowest BCUT2D eigenvalue weighted by Gasteiger charge is -2.15. The molecule has 0 fully saturated rings. The van der Waals surface area contributed by atoms with Crippen LogP contribution in [0.25, 0.3) is 19.7 Å².